The van der Waals surface area contributed by atoms with Gasteiger partial charge in [-0.1, -0.05) is 6.07 Å². The molecular formula is C14H23N3OS. The molecule has 0 spiro atoms. The molecule has 1 aliphatic heterocycles. The molecule has 1 N–H and O–H groups in total. The van der Waals surface area contributed by atoms with Gasteiger partial charge in [0.25, 0.3) is 0 Å². The van der Waals surface area contributed by atoms with E-state index in [-0.39, 0.29) is 0 Å². The van der Waals surface area contributed by atoms with Gasteiger partial charge >= 0.3 is 0 Å². The lowest BCUT2D eigenvalue weighted by molar-refractivity contribution is 0.199. The first-order chi connectivity index (χ1) is 9.33. The van der Waals surface area contributed by atoms with Gasteiger partial charge in [-0.05, 0) is 18.2 Å². The number of ether oxygens (including phenoxy) is 1. The van der Waals surface area contributed by atoms with Crippen molar-refractivity contribution in [3.8, 4) is 0 Å². The molecule has 1 saturated heterocycles. The van der Waals surface area contributed by atoms with Crippen LogP contribution in [0, 0.1) is 0 Å². The molecule has 106 valence electrons. The first-order valence-corrected chi connectivity index (χ1v) is 7.92. The van der Waals surface area contributed by atoms with E-state index in [9.17, 15) is 0 Å². The van der Waals surface area contributed by atoms with Crippen molar-refractivity contribution in [2.24, 2.45) is 0 Å². The summed E-state index contributed by atoms with van der Waals surface area (Å²) in [4.78, 5) is 6.91. The third-order valence-corrected chi connectivity index (χ3v) is 4.60. The zero-order chi connectivity index (χ0) is 13.5. The van der Waals surface area contributed by atoms with Crippen LogP contribution in [0.15, 0.2) is 18.3 Å². The number of rotatable bonds is 7. The summed E-state index contributed by atoms with van der Waals surface area (Å²) in [6, 6.07) is 4.78. The molecule has 1 atom stereocenters. The van der Waals surface area contributed by atoms with Gasteiger partial charge in [0, 0.05) is 50.8 Å². The highest BCUT2D eigenvalue weighted by atomic mass is 32.2. The molecule has 0 bridgehead atoms. The summed E-state index contributed by atoms with van der Waals surface area (Å²) in [5.41, 5.74) is 1.26. The number of hydrogen-bond acceptors (Lipinski definition) is 5. The Morgan fingerprint density at radius 3 is 3.21 bits per heavy atom. The van der Waals surface area contributed by atoms with E-state index in [1.807, 2.05) is 24.0 Å². The molecule has 2 rings (SSSR count). The number of pyridine rings is 1. The van der Waals surface area contributed by atoms with Crippen molar-refractivity contribution in [3.63, 3.8) is 0 Å². The van der Waals surface area contributed by atoms with E-state index >= 15 is 0 Å². The second-order valence-corrected chi connectivity index (χ2v) is 5.93. The molecule has 0 saturated carbocycles. The van der Waals surface area contributed by atoms with Crippen LogP contribution in [0.4, 0.5) is 5.82 Å². The maximum absolute atomic E-state index is 5.05. The average Bonchev–Trinajstić information content (AvgIpc) is 2.97. The highest BCUT2D eigenvalue weighted by molar-refractivity contribution is 7.99. The fourth-order valence-electron chi connectivity index (χ4n) is 2.28. The minimum absolute atomic E-state index is 0.623. The molecule has 19 heavy (non-hydrogen) atoms. The van der Waals surface area contributed by atoms with Gasteiger partial charge in [-0.3, -0.25) is 0 Å². The van der Waals surface area contributed by atoms with Crippen LogP contribution in [0.25, 0.3) is 0 Å². The molecule has 1 unspecified atom stereocenters. The molecule has 0 amide bonds. The fraction of sp³-hybridized carbons (Fsp3) is 0.643. The van der Waals surface area contributed by atoms with E-state index in [0.29, 0.717) is 6.04 Å². The number of aromatic nitrogens is 1. The Labute approximate surface area is 119 Å². The Morgan fingerprint density at radius 2 is 2.47 bits per heavy atom. The lowest BCUT2D eigenvalue weighted by Crippen LogP contribution is -2.33. The van der Waals surface area contributed by atoms with Crippen LogP contribution < -0.4 is 10.2 Å². The van der Waals surface area contributed by atoms with Gasteiger partial charge in [0.05, 0.1) is 6.61 Å². The Bertz CT molecular complexity index is 383. The molecule has 2 heterocycles. The summed E-state index contributed by atoms with van der Waals surface area (Å²) >= 11 is 2.03. The Morgan fingerprint density at radius 1 is 1.58 bits per heavy atom. The first-order valence-electron chi connectivity index (χ1n) is 6.77. The summed E-state index contributed by atoms with van der Waals surface area (Å²) in [5.74, 6) is 3.59. The van der Waals surface area contributed by atoms with Crippen molar-refractivity contribution in [1.29, 1.82) is 0 Å². The van der Waals surface area contributed by atoms with E-state index in [1.54, 1.807) is 7.11 Å². The minimum atomic E-state index is 0.623. The van der Waals surface area contributed by atoms with Crippen LogP contribution in [0.5, 0.6) is 0 Å². The van der Waals surface area contributed by atoms with Gasteiger partial charge in [0.15, 0.2) is 0 Å². The Balaban J connectivity index is 1.98. The van der Waals surface area contributed by atoms with Crippen LogP contribution in [0.1, 0.15) is 12.0 Å². The van der Waals surface area contributed by atoms with Crippen molar-refractivity contribution in [3.05, 3.63) is 23.9 Å². The van der Waals surface area contributed by atoms with E-state index in [0.717, 1.165) is 25.5 Å². The molecule has 4 nitrogen and oxygen atoms in total. The molecular weight excluding hydrogens is 258 g/mol. The van der Waals surface area contributed by atoms with Gasteiger partial charge in [-0.15, -0.1) is 0 Å². The number of thioether (sulfide) groups is 1. The minimum Gasteiger partial charge on any atom is -0.383 e. The highest BCUT2D eigenvalue weighted by Gasteiger charge is 2.22. The second kappa shape index (κ2) is 7.72. The summed E-state index contributed by atoms with van der Waals surface area (Å²) < 4.78 is 5.05. The van der Waals surface area contributed by atoms with Crippen LogP contribution in [-0.2, 0) is 11.3 Å². The average molecular weight is 281 g/mol. The maximum Gasteiger partial charge on any atom is 0.133 e. The SMILES string of the molecule is COCCNCc1cccnc1N(C)C1CCSC1. The highest BCUT2D eigenvalue weighted by Crippen LogP contribution is 2.26. The second-order valence-electron chi connectivity index (χ2n) is 4.78. The molecule has 0 radical (unpaired) electrons. The topological polar surface area (TPSA) is 37.4 Å². The molecule has 0 aromatic carbocycles. The summed E-state index contributed by atoms with van der Waals surface area (Å²) in [6.07, 6.45) is 3.14. The van der Waals surface area contributed by atoms with Gasteiger partial charge in [0.1, 0.15) is 5.82 Å². The molecule has 5 heteroatoms. The summed E-state index contributed by atoms with van der Waals surface area (Å²) in [7, 11) is 3.89. The van der Waals surface area contributed by atoms with Crippen molar-refractivity contribution in [1.82, 2.24) is 10.3 Å². The van der Waals surface area contributed by atoms with Crippen LogP contribution >= 0.6 is 11.8 Å². The molecule has 0 aliphatic carbocycles. The van der Waals surface area contributed by atoms with Gasteiger partial charge in [-0.2, -0.15) is 11.8 Å². The zero-order valence-corrected chi connectivity index (χ0v) is 12.6. The molecule has 1 aromatic heterocycles. The Hall–Kier alpha value is -0.780. The third-order valence-electron chi connectivity index (χ3n) is 3.45. The normalized spacial score (nSPS) is 18.7. The predicted octanol–water partition coefficient (Wildman–Crippen LogP) is 1.76. The lowest BCUT2D eigenvalue weighted by atomic mass is 10.2. The van der Waals surface area contributed by atoms with Crippen molar-refractivity contribution >= 4 is 17.6 Å². The Kier molecular flexibility index (Phi) is 5.94. The van der Waals surface area contributed by atoms with Crippen LogP contribution in [0.2, 0.25) is 0 Å². The zero-order valence-electron chi connectivity index (χ0n) is 11.8. The smallest absolute Gasteiger partial charge is 0.133 e. The van der Waals surface area contributed by atoms with Crippen molar-refractivity contribution in [2.75, 3.05) is 43.7 Å². The monoisotopic (exact) mass is 281 g/mol. The van der Waals surface area contributed by atoms with Crippen molar-refractivity contribution < 1.29 is 4.74 Å². The summed E-state index contributed by atoms with van der Waals surface area (Å²) in [6.45, 7) is 2.45. The van der Waals surface area contributed by atoms with E-state index in [1.165, 1.54) is 23.5 Å². The van der Waals surface area contributed by atoms with Crippen LogP contribution in [0.3, 0.4) is 0 Å². The maximum atomic E-state index is 5.05. The fourth-order valence-corrected chi connectivity index (χ4v) is 3.55. The standard InChI is InChI=1S/C14H23N3OS/c1-17(13-5-9-19-11-13)14-12(4-3-6-16-14)10-15-7-8-18-2/h3-4,6,13,15H,5,7-11H2,1-2H3. The van der Waals surface area contributed by atoms with E-state index in [2.05, 4.69) is 28.3 Å². The molecule has 1 fully saturated rings. The number of nitrogens with one attached hydrogen (secondary N) is 1. The molecule has 1 aromatic rings. The lowest BCUT2D eigenvalue weighted by Gasteiger charge is -2.27. The van der Waals surface area contributed by atoms with E-state index < -0.39 is 0 Å². The van der Waals surface area contributed by atoms with Crippen LogP contribution in [-0.4, -0.2) is 49.8 Å². The largest absolute Gasteiger partial charge is 0.383 e. The van der Waals surface area contributed by atoms with Gasteiger partial charge in [0.2, 0.25) is 0 Å². The number of anilines is 1. The predicted molar refractivity (Wildman–Crippen MR) is 82.0 cm³/mol. The third kappa shape index (κ3) is 4.09. The quantitative estimate of drug-likeness (QED) is 0.771. The van der Waals surface area contributed by atoms with Gasteiger partial charge < -0.3 is 15.0 Å². The molecule has 1 aliphatic rings. The van der Waals surface area contributed by atoms with E-state index in [4.69, 9.17) is 4.74 Å². The number of hydrogen-bond donors (Lipinski definition) is 1. The first kappa shape index (κ1) is 14.6. The van der Waals surface area contributed by atoms with Gasteiger partial charge in [-0.25, -0.2) is 4.98 Å². The summed E-state index contributed by atoms with van der Waals surface area (Å²) in [5, 5.41) is 3.39. The number of nitrogens with zero attached hydrogens (tertiary/aromatic N) is 2. The van der Waals surface area contributed by atoms with Crippen molar-refractivity contribution in [2.45, 2.75) is 19.0 Å². The number of methoxy groups -OCH3 is 1.